The Balaban J connectivity index is 0.000000318. The van der Waals surface area contributed by atoms with Gasteiger partial charge >= 0.3 is 0 Å². The molecule has 2 heterocycles. The van der Waals surface area contributed by atoms with Crippen LogP contribution in [-0.2, 0) is 6.42 Å². The zero-order valence-electron chi connectivity index (χ0n) is 18.5. The van der Waals surface area contributed by atoms with Gasteiger partial charge in [-0.1, -0.05) is 13.8 Å². The summed E-state index contributed by atoms with van der Waals surface area (Å²) in [5.74, 6) is 2.34. The molecule has 0 fully saturated rings. The van der Waals surface area contributed by atoms with Crippen LogP contribution < -0.4 is 25.3 Å². The second-order valence-electron chi connectivity index (χ2n) is 5.61. The van der Waals surface area contributed by atoms with Crippen LogP contribution in [0.3, 0.4) is 0 Å². The summed E-state index contributed by atoms with van der Waals surface area (Å²) in [5.41, 5.74) is 7.93. The highest BCUT2D eigenvalue weighted by Gasteiger charge is 2.05. The number of hydrogen-bond acceptors (Lipinski definition) is 6. The fraction of sp³-hybridized carbons (Fsp3) is 0.381. The Hall–Kier alpha value is -3.49. The lowest BCUT2D eigenvalue weighted by Crippen LogP contribution is -2.32. The maximum absolute atomic E-state index is 5.58. The molecule has 0 spiro atoms. The lowest BCUT2D eigenvalue weighted by molar-refractivity contribution is 0.371. The van der Waals surface area contributed by atoms with E-state index in [0.29, 0.717) is 17.7 Å². The van der Waals surface area contributed by atoms with Gasteiger partial charge in [-0.2, -0.15) is 0 Å². The Morgan fingerprint density at radius 2 is 1.73 bits per heavy atom. The van der Waals surface area contributed by atoms with Crippen LogP contribution in [0.2, 0.25) is 0 Å². The van der Waals surface area contributed by atoms with Crippen molar-refractivity contribution in [3.63, 3.8) is 0 Å². The molecule has 9 nitrogen and oxygen atoms in total. The molecule has 0 saturated heterocycles. The number of aromatic nitrogens is 3. The van der Waals surface area contributed by atoms with Gasteiger partial charge in [0.05, 0.1) is 27.4 Å². The lowest BCUT2D eigenvalue weighted by Gasteiger charge is -2.04. The van der Waals surface area contributed by atoms with E-state index in [0.717, 1.165) is 24.2 Å². The summed E-state index contributed by atoms with van der Waals surface area (Å²) in [4.78, 5) is 14.7. The van der Waals surface area contributed by atoms with Gasteiger partial charge in [0.15, 0.2) is 5.96 Å². The van der Waals surface area contributed by atoms with Crippen molar-refractivity contribution in [1.29, 1.82) is 0 Å². The maximum atomic E-state index is 5.58. The van der Waals surface area contributed by atoms with E-state index in [1.807, 2.05) is 38.2 Å². The first-order valence-corrected chi connectivity index (χ1v) is 9.61. The molecule has 0 radical (unpaired) electrons. The molecule has 0 bridgehead atoms. The predicted octanol–water partition coefficient (Wildman–Crippen LogP) is 2.77. The van der Waals surface area contributed by atoms with Crippen molar-refractivity contribution in [3.8, 4) is 17.5 Å². The van der Waals surface area contributed by atoms with Crippen LogP contribution in [0.15, 0.2) is 41.8 Å². The highest BCUT2D eigenvalue weighted by atomic mass is 16.5. The van der Waals surface area contributed by atoms with Crippen molar-refractivity contribution in [1.82, 2.24) is 20.3 Å². The minimum Gasteiger partial charge on any atom is -0.497 e. The number of methoxy groups -OCH3 is 3. The molecular weight excluding hydrogens is 384 g/mol. The third kappa shape index (κ3) is 7.50. The molecule has 1 aromatic carbocycles. The number of rotatable bonds is 6. The third-order valence-corrected chi connectivity index (χ3v) is 3.95. The van der Waals surface area contributed by atoms with E-state index in [4.69, 9.17) is 19.9 Å². The molecule has 0 saturated carbocycles. The number of hydrogen-bond donors (Lipinski definition) is 3. The summed E-state index contributed by atoms with van der Waals surface area (Å²) in [7, 11) is 6.43. The van der Waals surface area contributed by atoms with E-state index in [-0.39, 0.29) is 0 Å². The molecule has 3 rings (SSSR count). The minimum absolute atomic E-state index is 0.465. The van der Waals surface area contributed by atoms with Crippen LogP contribution in [-0.4, -0.2) is 55.8 Å². The number of fused-ring (bicyclic) bond motifs is 1. The predicted molar refractivity (Wildman–Crippen MR) is 121 cm³/mol. The maximum Gasteiger partial charge on any atom is 0.219 e. The third-order valence-electron chi connectivity index (χ3n) is 3.95. The fourth-order valence-electron chi connectivity index (χ4n) is 2.44. The fourth-order valence-corrected chi connectivity index (χ4v) is 2.44. The summed E-state index contributed by atoms with van der Waals surface area (Å²) in [6.45, 7) is 4.76. The van der Waals surface area contributed by atoms with Crippen LogP contribution >= 0.6 is 0 Å². The minimum atomic E-state index is 0.465. The van der Waals surface area contributed by atoms with Gasteiger partial charge in [0.2, 0.25) is 11.8 Å². The Morgan fingerprint density at radius 1 is 1.07 bits per heavy atom. The van der Waals surface area contributed by atoms with Gasteiger partial charge in [-0.3, -0.25) is 4.99 Å². The Bertz CT molecular complexity index is 891. The van der Waals surface area contributed by atoms with Crippen molar-refractivity contribution in [3.05, 3.63) is 42.4 Å². The Kier molecular flexibility index (Phi) is 11.2. The van der Waals surface area contributed by atoms with Crippen molar-refractivity contribution in [2.24, 2.45) is 10.7 Å². The number of aromatic amines is 1. The van der Waals surface area contributed by atoms with Crippen molar-refractivity contribution in [2.75, 3.05) is 34.9 Å². The first-order chi connectivity index (χ1) is 14.6. The molecule has 3 aromatic rings. The molecular formula is C21H32N6O3. The van der Waals surface area contributed by atoms with Gasteiger partial charge < -0.3 is 30.2 Å². The number of nitrogens with two attached hydrogens (primary N) is 1. The molecule has 0 amide bonds. The second-order valence-corrected chi connectivity index (χ2v) is 5.61. The van der Waals surface area contributed by atoms with Crippen LogP contribution in [0.25, 0.3) is 10.9 Å². The van der Waals surface area contributed by atoms with Gasteiger partial charge in [0.1, 0.15) is 12.1 Å². The number of aliphatic imine (C=N–C) groups is 1. The lowest BCUT2D eigenvalue weighted by atomic mass is 10.1. The molecule has 164 valence electrons. The molecule has 4 N–H and O–H groups in total. The molecule has 0 unspecified atom stereocenters. The van der Waals surface area contributed by atoms with Gasteiger partial charge in [0.25, 0.3) is 0 Å². The summed E-state index contributed by atoms with van der Waals surface area (Å²) in [5, 5.41) is 4.23. The van der Waals surface area contributed by atoms with Gasteiger partial charge in [0, 0.05) is 30.7 Å². The second kappa shape index (κ2) is 13.6. The van der Waals surface area contributed by atoms with E-state index in [1.54, 1.807) is 34.4 Å². The summed E-state index contributed by atoms with van der Waals surface area (Å²) in [6.07, 6.45) is 4.28. The topological polar surface area (TPSA) is 120 Å². The normalized spacial score (nSPS) is 10.3. The molecule has 0 aliphatic rings. The Labute approximate surface area is 177 Å². The van der Waals surface area contributed by atoms with E-state index in [9.17, 15) is 0 Å². The van der Waals surface area contributed by atoms with Crippen LogP contribution in [0.5, 0.6) is 17.5 Å². The monoisotopic (exact) mass is 416 g/mol. The standard InChI is InChI=1S/C13H18N4O.C6H8N2O2.C2H6/c1-15-13(14)16-6-5-9-8-17-12-4-3-10(18-2)7-11(9)12;1-9-5-3-6(10-2)8-4-7-5;1-2/h3-4,7-8,17H,5-6H2,1-2H3,(H3,14,15,16);3-4H,1-2H3;1-2H3. The molecule has 9 heteroatoms. The summed E-state index contributed by atoms with van der Waals surface area (Å²) < 4.78 is 14.9. The van der Waals surface area contributed by atoms with E-state index in [1.165, 1.54) is 17.3 Å². The first-order valence-electron chi connectivity index (χ1n) is 9.61. The number of nitrogens with zero attached hydrogens (tertiary/aromatic N) is 3. The van der Waals surface area contributed by atoms with Gasteiger partial charge in [-0.25, -0.2) is 9.97 Å². The smallest absolute Gasteiger partial charge is 0.219 e. The first kappa shape index (κ1) is 24.5. The van der Waals surface area contributed by atoms with E-state index in [2.05, 4.69) is 25.3 Å². The molecule has 0 aliphatic heterocycles. The largest absolute Gasteiger partial charge is 0.497 e. The average Bonchev–Trinajstić information content (AvgIpc) is 3.22. The molecule has 0 aliphatic carbocycles. The highest BCUT2D eigenvalue weighted by molar-refractivity contribution is 5.84. The molecule has 0 atom stereocenters. The SMILES string of the molecule is CC.CN=C(N)NCCc1c[nH]c2ccc(OC)cc12.COc1cc(OC)ncn1. The van der Waals surface area contributed by atoms with Gasteiger partial charge in [-0.15, -0.1) is 0 Å². The van der Waals surface area contributed by atoms with E-state index >= 15 is 0 Å². The summed E-state index contributed by atoms with van der Waals surface area (Å²) >= 11 is 0. The van der Waals surface area contributed by atoms with Crippen molar-refractivity contribution >= 4 is 16.9 Å². The van der Waals surface area contributed by atoms with E-state index < -0.39 is 0 Å². The Morgan fingerprint density at radius 3 is 2.30 bits per heavy atom. The quantitative estimate of drug-likeness (QED) is 0.417. The van der Waals surface area contributed by atoms with Crippen molar-refractivity contribution in [2.45, 2.75) is 20.3 Å². The highest BCUT2D eigenvalue weighted by Crippen LogP contribution is 2.23. The number of H-pyrrole nitrogens is 1. The number of ether oxygens (including phenoxy) is 3. The van der Waals surface area contributed by atoms with Crippen molar-refractivity contribution < 1.29 is 14.2 Å². The van der Waals surface area contributed by atoms with Crippen LogP contribution in [0.1, 0.15) is 19.4 Å². The zero-order chi connectivity index (χ0) is 22.4. The van der Waals surface area contributed by atoms with Gasteiger partial charge in [-0.05, 0) is 30.2 Å². The zero-order valence-corrected chi connectivity index (χ0v) is 18.5. The molecule has 2 aromatic heterocycles. The number of guanidine groups is 1. The number of nitrogens with one attached hydrogen (secondary N) is 2. The molecule has 30 heavy (non-hydrogen) atoms. The average molecular weight is 417 g/mol. The van der Waals surface area contributed by atoms with Crippen LogP contribution in [0.4, 0.5) is 0 Å². The summed E-state index contributed by atoms with van der Waals surface area (Å²) in [6, 6.07) is 7.62. The number of benzene rings is 1. The van der Waals surface area contributed by atoms with Crippen LogP contribution in [0, 0.1) is 0 Å².